The molecule has 1 heterocycles. The monoisotopic (exact) mass is 165 g/mol. The van der Waals surface area contributed by atoms with Crippen LogP contribution in [0.5, 0.6) is 0 Å². The van der Waals surface area contributed by atoms with Crippen molar-refractivity contribution < 1.29 is 9.53 Å². The van der Waals surface area contributed by atoms with E-state index in [2.05, 4.69) is 16.2 Å². The first-order valence-corrected chi connectivity index (χ1v) is 3.70. The van der Waals surface area contributed by atoms with E-state index >= 15 is 0 Å². The van der Waals surface area contributed by atoms with Gasteiger partial charge in [0.15, 0.2) is 5.69 Å². The fourth-order valence-corrected chi connectivity index (χ4v) is 0.630. The van der Waals surface area contributed by atoms with Crippen LogP contribution in [0.15, 0.2) is 12.4 Å². The Morgan fingerprint density at radius 3 is 3.08 bits per heavy atom. The van der Waals surface area contributed by atoms with Gasteiger partial charge in [-0.25, -0.2) is 9.78 Å². The SMILES string of the molecule is CCCOC(=O)c1[c]nccn1. The molecule has 1 aromatic rings. The summed E-state index contributed by atoms with van der Waals surface area (Å²) in [6, 6.07) is 0. The number of hydrogen-bond acceptors (Lipinski definition) is 4. The molecule has 0 atom stereocenters. The number of rotatable bonds is 3. The van der Waals surface area contributed by atoms with Crippen molar-refractivity contribution in [3.63, 3.8) is 0 Å². The molecule has 1 rings (SSSR count). The van der Waals surface area contributed by atoms with Crippen molar-refractivity contribution in [3.05, 3.63) is 24.3 Å². The predicted octanol–water partition coefficient (Wildman–Crippen LogP) is 0.844. The molecule has 1 aromatic heterocycles. The minimum atomic E-state index is -0.468. The summed E-state index contributed by atoms with van der Waals surface area (Å²) in [6.45, 7) is 2.33. The zero-order valence-corrected chi connectivity index (χ0v) is 6.78. The molecule has 0 amide bonds. The molecular formula is C8H9N2O2. The van der Waals surface area contributed by atoms with Crippen molar-refractivity contribution in [1.82, 2.24) is 9.97 Å². The van der Waals surface area contributed by atoms with Gasteiger partial charge in [-0.1, -0.05) is 6.92 Å². The molecule has 1 radical (unpaired) electrons. The second-order valence-electron chi connectivity index (χ2n) is 2.15. The molecule has 0 aliphatic carbocycles. The molecule has 63 valence electrons. The molecule has 0 saturated heterocycles. The summed E-state index contributed by atoms with van der Waals surface area (Å²) in [4.78, 5) is 18.4. The predicted molar refractivity (Wildman–Crippen MR) is 41.4 cm³/mol. The minimum absolute atomic E-state index is 0.131. The summed E-state index contributed by atoms with van der Waals surface area (Å²) in [5.41, 5.74) is 0.131. The molecule has 4 heteroatoms. The Kier molecular flexibility index (Phi) is 3.19. The van der Waals surface area contributed by atoms with Gasteiger partial charge in [-0.3, -0.25) is 4.98 Å². The van der Waals surface area contributed by atoms with Gasteiger partial charge in [0.05, 0.1) is 6.61 Å². The first-order chi connectivity index (χ1) is 5.84. The van der Waals surface area contributed by atoms with E-state index in [9.17, 15) is 4.79 Å². The molecule has 0 fully saturated rings. The Bertz CT molecular complexity index is 248. The summed E-state index contributed by atoms with van der Waals surface area (Å²) in [6.07, 6.45) is 6.12. The van der Waals surface area contributed by atoms with E-state index in [1.807, 2.05) is 6.92 Å². The Balaban J connectivity index is 2.54. The quantitative estimate of drug-likeness (QED) is 0.623. The largest absolute Gasteiger partial charge is 0.461 e. The summed E-state index contributed by atoms with van der Waals surface area (Å²) in [5, 5.41) is 0. The zero-order valence-electron chi connectivity index (χ0n) is 6.78. The highest BCUT2D eigenvalue weighted by molar-refractivity contribution is 5.86. The number of esters is 1. The number of carbonyl (C=O) groups is 1. The number of ether oxygens (including phenoxy) is 1. The van der Waals surface area contributed by atoms with Crippen molar-refractivity contribution >= 4 is 5.97 Å². The van der Waals surface area contributed by atoms with Crippen LogP contribution in [0.1, 0.15) is 23.8 Å². The van der Waals surface area contributed by atoms with E-state index in [-0.39, 0.29) is 5.69 Å². The van der Waals surface area contributed by atoms with Gasteiger partial charge in [0, 0.05) is 12.4 Å². The number of hydrogen-bond donors (Lipinski definition) is 0. The lowest BCUT2D eigenvalue weighted by Gasteiger charge is -1.99. The van der Waals surface area contributed by atoms with Crippen LogP contribution < -0.4 is 0 Å². The molecule has 0 saturated carbocycles. The van der Waals surface area contributed by atoms with E-state index in [1.165, 1.54) is 12.4 Å². The fourth-order valence-electron chi connectivity index (χ4n) is 0.630. The van der Waals surface area contributed by atoms with Crippen LogP contribution in [0.3, 0.4) is 0 Å². The molecule has 0 aromatic carbocycles. The van der Waals surface area contributed by atoms with Crippen LogP contribution in [0.25, 0.3) is 0 Å². The molecule has 0 unspecified atom stereocenters. The van der Waals surface area contributed by atoms with E-state index in [0.29, 0.717) is 6.61 Å². The lowest BCUT2D eigenvalue weighted by Crippen LogP contribution is -2.08. The molecule has 0 bridgehead atoms. The lowest BCUT2D eigenvalue weighted by atomic mass is 10.4. The molecule has 0 aliphatic rings. The first-order valence-electron chi connectivity index (χ1n) is 3.70. The van der Waals surface area contributed by atoms with Gasteiger partial charge in [0.25, 0.3) is 0 Å². The normalized spacial score (nSPS) is 9.42. The summed E-state index contributed by atoms with van der Waals surface area (Å²) < 4.78 is 4.80. The van der Waals surface area contributed by atoms with Gasteiger partial charge in [0.2, 0.25) is 0 Å². The van der Waals surface area contributed by atoms with Gasteiger partial charge in [-0.2, -0.15) is 0 Å². The highest BCUT2D eigenvalue weighted by atomic mass is 16.5. The molecule has 4 nitrogen and oxygen atoms in total. The van der Waals surface area contributed by atoms with Crippen molar-refractivity contribution in [2.45, 2.75) is 13.3 Å². The Labute approximate surface area is 70.6 Å². The van der Waals surface area contributed by atoms with Gasteiger partial charge in [-0.05, 0) is 6.42 Å². The van der Waals surface area contributed by atoms with E-state index in [4.69, 9.17) is 4.74 Å². The van der Waals surface area contributed by atoms with E-state index < -0.39 is 5.97 Å². The highest BCUT2D eigenvalue weighted by Gasteiger charge is 2.07. The standard InChI is InChI=1S/C8H9N2O2/c1-2-5-12-8(11)7-6-9-3-4-10-7/h3-4H,2,5H2,1H3. The lowest BCUT2D eigenvalue weighted by molar-refractivity contribution is 0.0497. The molecular weight excluding hydrogens is 156 g/mol. The topological polar surface area (TPSA) is 52.1 Å². The van der Waals surface area contributed by atoms with Crippen molar-refractivity contribution in [1.29, 1.82) is 0 Å². The van der Waals surface area contributed by atoms with Gasteiger partial charge in [0.1, 0.15) is 6.20 Å². The molecule has 12 heavy (non-hydrogen) atoms. The number of nitrogens with zero attached hydrogens (tertiary/aromatic N) is 2. The maximum absolute atomic E-state index is 11.0. The minimum Gasteiger partial charge on any atom is -0.461 e. The number of carbonyl (C=O) groups excluding carboxylic acids is 1. The maximum atomic E-state index is 11.0. The van der Waals surface area contributed by atoms with Gasteiger partial charge < -0.3 is 4.74 Å². The second kappa shape index (κ2) is 4.43. The third-order valence-corrected chi connectivity index (χ3v) is 1.15. The molecule has 0 N–H and O–H groups in total. The Morgan fingerprint density at radius 1 is 1.67 bits per heavy atom. The van der Waals surface area contributed by atoms with Crippen LogP contribution in [0.2, 0.25) is 0 Å². The van der Waals surface area contributed by atoms with Gasteiger partial charge in [-0.15, -0.1) is 0 Å². The van der Waals surface area contributed by atoms with Crippen molar-refractivity contribution in [3.8, 4) is 0 Å². The highest BCUT2D eigenvalue weighted by Crippen LogP contribution is 1.93. The van der Waals surface area contributed by atoms with Crippen LogP contribution in [-0.4, -0.2) is 22.5 Å². The fraction of sp³-hybridized carbons (Fsp3) is 0.375. The van der Waals surface area contributed by atoms with Crippen LogP contribution >= 0.6 is 0 Å². The maximum Gasteiger partial charge on any atom is 0.359 e. The average molecular weight is 165 g/mol. The third kappa shape index (κ3) is 2.30. The Morgan fingerprint density at radius 2 is 2.50 bits per heavy atom. The summed E-state index contributed by atoms with van der Waals surface area (Å²) >= 11 is 0. The molecule has 0 aliphatic heterocycles. The van der Waals surface area contributed by atoms with Gasteiger partial charge >= 0.3 is 5.97 Å². The summed E-state index contributed by atoms with van der Waals surface area (Å²) in [7, 11) is 0. The first kappa shape index (κ1) is 8.64. The zero-order chi connectivity index (χ0) is 8.81. The second-order valence-corrected chi connectivity index (χ2v) is 2.15. The average Bonchev–Trinajstić information content (AvgIpc) is 2.15. The third-order valence-electron chi connectivity index (χ3n) is 1.15. The van der Waals surface area contributed by atoms with Crippen LogP contribution in [0.4, 0.5) is 0 Å². The Hall–Kier alpha value is -1.45. The van der Waals surface area contributed by atoms with Crippen LogP contribution in [-0.2, 0) is 4.74 Å². The van der Waals surface area contributed by atoms with Crippen LogP contribution in [0, 0.1) is 6.20 Å². The summed E-state index contributed by atoms with van der Waals surface area (Å²) in [5.74, 6) is -0.468. The van der Waals surface area contributed by atoms with Crippen molar-refractivity contribution in [2.24, 2.45) is 0 Å². The molecule has 0 spiro atoms. The number of aromatic nitrogens is 2. The van der Waals surface area contributed by atoms with Crippen molar-refractivity contribution in [2.75, 3.05) is 6.61 Å². The van der Waals surface area contributed by atoms with E-state index in [0.717, 1.165) is 6.42 Å². The smallest absolute Gasteiger partial charge is 0.359 e. The van der Waals surface area contributed by atoms with E-state index in [1.54, 1.807) is 0 Å².